The van der Waals surface area contributed by atoms with Gasteiger partial charge in [-0.05, 0) is 25.0 Å². The number of carbonyl (C=O) groups excluding carboxylic acids is 2. The van der Waals surface area contributed by atoms with Gasteiger partial charge in [-0.2, -0.15) is 4.39 Å². The molecule has 2 aromatic heterocycles. The van der Waals surface area contributed by atoms with E-state index in [1.165, 1.54) is 19.3 Å². The molecule has 2 amide bonds. The molecule has 2 aromatic rings. The predicted molar refractivity (Wildman–Crippen MR) is 115 cm³/mol. The maximum Gasteiger partial charge on any atom is 0.269 e. The van der Waals surface area contributed by atoms with Crippen LogP contribution in [0.3, 0.4) is 0 Å². The standard InChI is InChI=1S/C22H24F2N6O3/c1-25-21(31)13-4-5-15(20(24)27-13)30-8-6-29(7-9-30)11-14-17(23)18-16(10-26-14)33-19(12-2-3-12)22(32)28-18/h4-5,10,12,19H,2-3,6-9,11H2,1H3,(H,25,31)(H,28,32)/t19-/m1/s1. The van der Waals surface area contributed by atoms with Crippen LogP contribution in [0.1, 0.15) is 29.0 Å². The molecule has 0 aromatic carbocycles. The lowest BCUT2D eigenvalue weighted by molar-refractivity contribution is -0.124. The molecule has 2 aliphatic heterocycles. The summed E-state index contributed by atoms with van der Waals surface area (Å²) in [6.45, 7) is 2.38. The van der Waals surface area contributed by atoms with Crippen LogP contribution in [-0.4, -0.2) is 66.0 Å². The largest absolute Gasteiger partial charge is 0.476 e. The Morgan fingerprint density at radius 1 is 1.24 bits per heavy atom. The zero-order valence-corrected chi connectivity index (χ0v) is 18.1. The number of halogens is 2. The van der Waals surface area contributed by atoms with Gasteiger partial charge in [-0.1, -0.05) is 0 Å². The second-order valence-corrected chi connectivity index (χ2v) is 8.47. The lowest BCUT2D eigenvalue weighted by Gasteiger charge is -2.36. The van der Waals surface area contributed by atoms with E-state index in [2.05, 4.69) is 20.6 Å². The molecule has 11 heteroatoms. The molecule has 2 N–H and O–H groups in total. The van der Waals surface area contributed by atoms with E-state index >= 15 is 4.39 Å². The number of hydrogen-bond donors (Lipinski definition) is 2. The number of amides is 2. The molecule has 0 unspecified atom stereocenters. The maximum absolute atomic E-state index is 15.1. The summed E-state index contributed by atoms with van der Waals surface area (Å²) < 4.78 is 35.2. The number of carbonyl (C=O) groups is 2. The highest BCUT2D eigenvalue weighted by molar-refractivity contribution is 5.98. The van der Waals surface area contributed by atoms with E-state index in [0.717, 1.165) is 12.8 Å². The van der Waals surface area contributed by atoms with Gasteiger partial charge in [0.15, 0.2) is 17.7 Å². The molecular weight excluding hydrogens is 434 g/mol. The molecule has 2 fully saturated rings. The third-order valence-corrected chi connectivity index (χ3v) is 6.24. The first-order valence-corrected chi connectivity index (χ1v) is 11.0. The highest BCUT2D eigenvalue weighted by Gasteiger charge is 2.42. The number of nitrogens with one attached hydrogen (secondary N) is 2. The van der Waals surface area contributed by atoms with Crippen LogP contribution in [-0.2, 0) is 11.3 Å². The van der Waals surface area contributed by atoms with Crippen molar-refractivity contribution in [2.24, 2.45) is 5.92 Å². The first-order valence-electron chi connectivity index (χ1n) is 11.0. The van der Waals surface area contributed by atoms with Crippen molar-refractivity contribution in [3.05, 3.63) is 41.5 Å². The first kappa shape index (κ1) is 21.5. The number of pyridine rings is 2. The molecule has 1 saturated carbocycles. The second-order valence-electron chi connectivity index (χ2n) is 8.47. The first-order chi connectivity index (χ1) is 15.9. The Hall–Kier alpha value is -3.34. The Balaban J connectivity index is 1.23. The molecule has 174 valence electrons. The predicted octanol–water partition coefficient (Wildman–Crippen LogP) is 1.55. The number of aromatic nitrogens is 2. The number of fused-ring (bicyclic) bond motifs is 1. The van der Waals surface area contributed by atoms with E-state index in [1.54, 1.807) is 6.07 Å². The lowest BCUT2D eigenvalue weighted by Crippen LogP contribution is -2.46. The number of piperazine rings is 1. The monoisotopic (exact) mass is 458 g/mol. The number of hydrogen-bond acceptors (Lipinski definition) is 7. The third-order valence-electron chi connectivity index (χ3n) is 6.24. The minimum absolute atomic E-state index is 0.0193. The topological polar surface area (TPSA) is 99.7 Å². The van der Waals surface area contributed by atoms with Crippen molar-refractivity contribution >= 4 is 23.2 Å². The van der Waals surface area contributed by atoms with Crippen molar-refractivity contribution in [2.75, 3.05) is 43.4 Å². The molecular formula is C22H24F2N6O3. The molecule has 1 aliphatic carbocycles. The normalized spacial score (nSPS) is 20.6. The van der Waals surface area contributed by atoms with Crippen LogP contribution < -0.4 is 20.3 Å². The van der Waals surface area contributed by atoms with E-state index in [9.17, 15) is 14.0 Å². The van der Waals surface area contributed by atoms with Crippen molar-refractivity contribution in [2.45, 2.75) is 25.5 Å². The van der Waals surface area contributed by atoms with Gasteiger partial charge in [0.25, 0.3) is 11.8 Å². The van der Waals surface area contributed by atoms with Gasteiger partial charge in [0.05, 0.1) is 17.6 Å². The summed E-state index contributed by atoms with van der Waals surface area (Å²) in [5.74, 6) is -1.59. The molecule has 0 radical (unpaired) electrons. The smallest absolute Gasteiger partial charge is 0.269 e. The molecule has 3 aliphatic rings. The maximum atomic E-state index is 15.1. The fourth-order valence-corrected chi connectivity index (χ4v) is 4.20. The number of nitrogens with zero attached hydrogens (tertiary/aromatic N) is 4. The van der Waals surface area contributed by atoms with Crippen molar-refractivity contribution in [1.29, 1.82) is 0 Å². The summed E-state index contributed by atoms with van der Waals surface area (Å²) in [4.78, 5) is 35.7. The highest BCUT2D eigenvalue weighted by atomic mass is 19.1. The van der Waals surface area contributed by atoms with Crippen LogP contribution in [0.15, 0.2) is 18.3 Å². The molecule has 33 heavy (non-hydrogen) atoms. The number of rotatable bonds is 5. The van der Waals surface area contributed by atoms with E-state index in [0.29, 0.717) is 31.9 Å². The van der Waals surface area contributed by atoms with E-state index < -0.39 is 23.8 Å². The average molecular weight is 458 g/mol. The Morgan fingerprint density at radius 3 is 2.67 bits per heavy atom. The Labute approximate surface area is 189 Å². The summed E-state index contributed by atoms with van der Waals surface area (Å²) in [6, 6.07) is 3.03. The minimum atomic E-state index is -0.702. The van der Waals surface area contributed by atoms with Gasteiger partial charge in [0, 0.05) is 45.7 Å². The minimum Gasteiger partial charge on any atom is -0.476 e. The van der Waals surface area contributed by atoms with Crippen LogP contribution in [0.25, 0.3) is 0 Å². The molecule has 0 spiro atoms. The molecule has 5 rings (SSSR count). The zero-order valence-electron chi connectivity index (χ0n) is 18.1. The van der Waals surface area contributed by atoms with Gasteiger partial charge in [0.1, 0.15) is 11.4 Å². The quantitative estimate of drug-likeness (QED) is 0.656. The van der Waals surface area contributed by atoms with Crippen molar-refractivity contribution in [1.82, 2.24) is 20.2 Å². The van der Waals surface area contributed by atoms with Crippen molar-refractivity contribution in [3.63, 3.8) is 0 Å². The summed E-state index contributed by atoms with van der Waals surface area (Å²) in [7, 11) is 1.46. The Bertz CT molecular complexity index is 1100. The second kappa shape index (κ2) is 8.54. The van der Waals surface area contributed by atoms with Crippen LogP contribution in [0.2, 0.25) is 0 Å². The summed E-state index contributed by atoms with van der Waals surface area (Å²) >= 11 is 0. The van der Waals surface area contributed by atoms with Gasteiger partial charge in [-0.3, -0.25) is 19.5 Å². The summed E-state index contributed by atoms with van der Waals surface area (Å²) in [5.41, 5.74) is 0.611. The number of ether oxygens (including phenoxy) is 1. The SMILES string of the molecule is CNC(=O)c1ccc(N2CCN(Cc3ncc4c(c3F)NC(=O)[C@@H](C3CC3)O4)CC2)c(F)n1. The number of anilines is 2. The molecule has 1 saturated heterocycles. The van der Waals surface area contributed by atoms with Crippen LogP contribution in [0, 0.1) is 17.7 Å². The van der Waals surface area contributed by atoms with Crippen LogP contribution in [0.4, 0.5) is 20.2 Å². The van der Waals surface area contributed by atoms with Gasteiger partial charge >= 0.3 is 0 Å². The van der Waals surface area contributed by atoms with Gasteiger partial charge in [-0.15, -0.1) is 0 Å². The lowest BCUT2D eigenvalue weighted by atomic mass is 10.1. The van der Waals surface area contributed by atoms with E-state index in [1.807, 2.05) is 9.80 Å². The van der Waals surface area contributed by atoms with Gasteiger partial charge < -0.3 is 20.3 Å². The summed E-state index contributed by atoms with van der Waals surface area (Å²) in [5, 5.41) is 5.06. The Morgan fingerprint density at radius 2 is 2.00 bits per heavy atom. The zero-order chi connectivity index (χ0) is 23.1. The Kier molecular flexibility index (Phi) is 5.57. The van der Waals surface area contributed by atoms with E-state index in [-0.39, 0.29) is 41.2 Å². The van der Waals surface area contributed by atoms with Crippen LogP contribution in [0.5, 0.6) is 5.75 Å². The van der Waals surface area contributed by atoms with Gasteiger partial charge in [-0.25, -0.2) is 9.37 Å². The molecule has 0 bridgehead atoms. The fourth-order valence-electron chi connectivity index (χ4n) is 4.20. The van der Waals surface area contributed by atoms with Crippen molar-refractivity contribution < 1.29 is 23.1 Å². The molecule has 9 nitrogen and oxygen atoms in total. The highest BCUT2D eigenvalue weighted by Crippen LogP contribution is 2.41. The molecule has 1 atom stereocenters. The third kappa shape index (κ3) is 4.20. The fraction of sp³-hybridized carbons (Fsp3) is 0.455. The van der Waals surface area contributed by atoms with Crippen LogP contribution >= 0.6 is 0 Å². The van der Waals surface area contributed by atoms with Crippen molar-refractivity contribution in [3.8, 4) is 5.75 Å². The van der Waals surface area contributed by atoms with E-state index in [4.69, 9.17) is 4.74 Å². The van der Waals surface area contributed by atoms with Gasteiger partial charge in [0.2, 0.25) is 5.95 Å². The average Bonchev–Trinajstić information content (AvgIpc) is 3.66. The summed E-state index contributed by atoms with van der Waals surface area (Å²) in [6.07, 6.45) is 2.77. The molecule has 4 heterocycles.